The van der Waals surface area contributed by atoms with Crippen LogP contribution < -0.4 is 4.74 Å². The summed E-state index contributed by atoms with van der Waals surface area (Å²) in [7, 11) is 0. The van der Waals surface area contributed by atoms with E-state index in [9.17, 15) is 4.79 Å². The van der Waals surface area contributed by atoms with Crippen LogP contribution in [0, 0.1) is 17.3 Å². The first-order valence-corrected chi connectivity index (χ1v) is 12.4. The van der Waals surface area contributed by atoms with E-state index in [-0.39, 0.29) is 0 Å². The standard InChI is InChI=1S/C28H39NO3/c1-28(2,3)23-7-9-24(10-8-23)32-25-11-12-26-21(18-25)5-4-6-22(26)19-29-15-13-20(14-16-29)17-27(30)31/h4-6,11-12,18,20,23-24H,7-10,13-17,19H2,1-3H3,(H,30,31). The number of carboxylic acids is 1. The molecule has 1 N–H and O–H groups in total. The molecule has 2 fully saturated rings. The minimum absolute atomic E-state index is 0.308. The van der Waals surface area contributed by atoms with Crippen molar-refractivity contribution in [3.63, 3.8) is 0 Å². The molecule has 0 radical (unpaired) electrons. The van der Waals surface area contributed by atoms with Crippen molar-refractivity contribution < 1.29 is 14.6 Å². The van der Waals surface area contributed by atoms with E-state index >= 15 is 0 Å². The summed E-state index contributed by atoms with van der Waals surface area (Å²) in [5, 5.41) is 11.6. The molecule has 1 saturated carbocycles. The lowest BCUT2D eigenvalue weighted by Crippen LogP contribution is -2.33. The van der Waals surface area contributed by atoms with Gasteiger partial charge < -0.3 is 9.84 Å². The van der Waals surface area contributed by atoms with Crippen molar-refractivity contribution in [1.29, 1.82) is 0 Å². The number of fused-ring (bicyclic) bond motifs is 1. The average Bonchev–Trinajstić information content (AvgIpc) is 2.74. The van der Waals surface area contributed by atoms with Gasteiger partial charge in [0.2, 0.25) is 0 Å². The number of piperidine rings is 1. The number of aliphatic carboxylic acids is 1. The minimum atomic E-state index is -0.669. The molecule has 0 bridgehead atoms. The summed E-state index contributed by atoms with van der Waals surface area (Å²) in [5.74, 6) is 1.45. The predicted molar refractivity (Wildman–Crippen MR) is 130 cm³/mol. The lowest BCUT2D eigenvalue weighted by Gasteiger charge is -2.37. The second-order valence-electron chi connectivity index (χ2n) is 11.1. The van der Waals surface area contributed by atoms with E-state index in [0.29, 0.717) is 23.9 Å². The smallest absolute Gasteiger partial charge is 0.303 e. The summed E-state index contributed by atoms with van der Waals surface area (Å²) < 4.78 is 6.40. The zero-order valence-electron chi connectivity index (χ0n) is 20.0. The Kier molecular flexibility index (Phi) is 7.09. The molecule has 4 nitrogen and oxygen atoms in total. The van der Waals surface area contributed by atoms with Crippen LogP contribution >= 0.6 is 0 Å². The fourth-order valence-electron chi connectivity index (χ4n) is 5.62. The summed E-state index contributed by atoms with van der Waals surface area (Å²) in [6.07, 6.45) is 7.42. The van der Waals surface area contributed by atoms with Crippen LogP contribution in [0.1, 0.15) is 71.3 Å². The van der Waals surface area contributed by atoms with Crippen LogP contribution in [-0.4, -0.2) is 35.2 Å². The number of hydrogen-bond donors (Lipinski definition) is 1. The van der Waals surface area contributed by atoms with Gasteiger partial charge in [-0.2, -0.15) is 0 Å². The van der Waals surface area contributed by atoms with Crippen LogP contribution in [0.2, 0.25) is 0 Å². The van der Waals surface area contributed by atoms with E-state index in [4.69, 9.17) is 9.84 Å². The molecule has 1 saturated heterocycles. The van der Waals surface area contributed by atoms with Gasteiger partial charge in [-0.05, 0) is 97.3 Å². The van der Waals surface area contributed by atoms with E-state index in [2.05, 4.69) is 62.1 Å². The zero-order chi connectivity index (χ0) is 22.7. The van der Waals surface area contributed by atoms with Crippen molar-refractivity contribution in [3.05, 3.63) is 42.0 Å². The van der Waals surface area contributed by atoms with Crippen LogP contribution in [0.3, 0.4) is 0 Å². The highest BCUT2D eigenvalue weighted by Gasteiger charge is 2.30. The molecule has 0 unspecified atom stereocenters. The van der Waals surface area contributed by atoms with Gasteiger partial charge in [-0.1, -0.05) is 45.0 Å². The molecule has 0 spiro atoms. The SMILES string of the molecule is CC(C)(C)C1CCC(Oc2ccc3c(CN4CCC(CC(=O)O)CC4)cccc3c2)CC1. The number of nitrogens with zero attached hydrogens (tertiary/aromatic N) is 1. The Bertz CT molecular complexity index is 916. The highest BCUT2D eigenvalue weighted by Crippen LogP contribution is 2.39. The fraction of sp³-hybridized carbons (Fsp3) is 0.607. The molecule has 4 heteroatoms. The Balaban J connectivity index is 1.36. The molecule has 1 heterocycles. The van der Waals surface area contributed by atoms with E-state index in [1.807, 2.05) is 0 Å². The third kappa shape index (κ3) is 5.83. The molecule has 0 atom stereocenters. The maximum Gasteiger partial charge on any atom is 0.303 e. The van der Waals surface area contributed by atoms with Crippen LogP contribution in [-0.2, 0) is 11.3 Å². The Morgan fingerprint density at radius 1 is 1.03 bits per heavy atom. The molecular formula is C28H39NO3. The Hall–Kier alpha value is -2.07. The number of benzene rings is 2. The van der Waals surface area contributed by atoms with E-state index < -0.39 is 5.97 Å². The number of rotatable bonds is 6. The number of carbonyl (C=O) groups is 1. The Labute approximate surface area is 192 Å². The van der Waals surface area contributed by atoms with Crippen LogP contribution in [0.15, 0.2) is 36.4 Å². The van der Waals surface area contributed by atoms with Crippen LogP contribution in [0.5, 0.6) is 5.75 Å². The second-order valence-corrected chi connectivity index (χ2v) is 11.1. The van der Waals surface area contributed by atoms with Crippen LogP contribution in [0.25, 0.3) is 10.8 Å². The lowest BCUT2D eigenvalue weighted by atomic mass is 9.72. The Morgan fingerprint density at radius 3 is 2.41 bits per heavy atom. The molecule has 2 aromatic carbocycles. The van der Waals surface area contributed by atoms with E-state index in [1.165, 1.54) is 29.2 Å². The van der Waals surface area contributed by atoms with Gasteiger partial charge in [-0.15, -0.1) is 0 Å². The number of ether oxygens (including phenoxy) is 1. The molecule has 0 aromatic heterocycles. The maximum atomic E-state index is 11.0. The Morgan fingerprint density at radius 2 is 1.75 bits per heavy atom. The molecule has 1 aliphatic carbocycles. The van der Waals surface area contributed by atoms with Gasteiger partial charge in [0.15, 0.2) is 0 Å². The normalized spacial score (nSPS) is 23.3. The van der Waals surface area contributed by atoms with Crippen molar-refractivity contribution in [2.45, 2.75) is 78.4 Å². The number of likely N-dealkylation sites (tertiary alicyclic amines) is 1. The maximum absolute atomic E-state index is 11.0. The van der Waals surface area contributed by atoms with Gasteiger partial charge in [0.1, 0.15) is 5.75 Å². The van der Waals surface area contributed by atoms with Gasteiger partial charge >= 0.3 is 5.97 Å². The van der Waals surface area contributed by atoms with Crippen molar-refractivity contribution in [1.82, 2.24) is 4.90 Å². The number of hydrogen-bond acceptors (Lipinski definition) is 3. The van der Waals surface area contributed by atoms with Crippen molar-refractivity contribution >= 4 is 16.7 Å². The molecule has 2 aromatic rings. The minimum Gasteiger partial charge on any atom is -0.490 e. The summed E-state index contributed by atoms with van der Waals surface area (Å²) in [6.45, 7) is 9.96. The van der Waals surface area contributed by atoms with Gasteiger partial charge in [0, 0.05) is 13.0 Å². The van der Waals surface area contributed by atoms with E-state index in [1.54, 1.807) is 0 Å². The van der Waals surface area contributed by atoms with Crippen molar-refractivity contribution in [2.75, 3.05) is 13.1 Å². The van der Waals surface area contributed by atoms with E-state index in [0.717, 1.165) is 57.0 Å². The first kappa shape index (κ1) is 23.1. The second kappa shape index (κ2) is 9.82. The summed E-state index contributed by atoms with van der Waals surface area (Å²) >= 11 is 0. The van der Waals surface area contributed by atoms with Crippen molar-refractivity contribution in [3.8, 4) is 5.75 Å². The highest BCUT2D eigenvalue weighted by molar-refractivity contribution is 5.87. The van der Waals surface area contributed by atoms with Gasteiger partial charge in [0.05, 0.1) is 6.10 Å². The highest BCUT2D eigenvalue weighted by atomic mass is 16.5. The molecule has 4 rings (SSSR count). The predicted octanol–water partition coefficient (Wildman–Crippen LogP) is 6.51. The largest absolute Gasteiger partial charge is 0.490 e. The lowest BCUT2D eigenvalue weighted by molar-refractivity contribution is -0.138. The summed E-state index contributed by atoms with van der Waals surface area (Å²) in [4.78, 5) is 13.4. The van der Waals surface area contributed by atoms with Gasteiger partial charge in [0.25, 0.3) is 0 Å². The van der Waals surface area contributed by atoms with Gasteiger partial charge in [-0.3, -0.25) is 9.69 Å². The third-order valence-electron chi connectivity index (χ3n) is 7.71. The molecule has 0 amide bonds. The van der Waals surface area contributed by atoms with Crippen molar-refractivity contribution in [2.24, 2.45) is 17.3 Å². The first-order valence-electron chi connectivity index (χ1n) is 12.4. The fourth-order valence-corrected chi connectivity index (χ4v) is 5.62. The molecule has 32 heavy (non-hydrogen) atoms. The van der Waals surface area contributed by atoms with Gasteiger partial charge in [-0.25, -0.2) is 0 Å². The molecule has 2 aliphatic rings. The summed E-state index contributed by atoms with van der Waals surface area (Å²) in [6, 6.07) is 13.1. The number of carboxylic acid groups (broad SMARTS) is 1. The van der Waals surface area contributed by atoms with Crippen LogP contribution in [0.4, 0.5) is 0 Å². The monoisotopic (exact) mass is 437 g/mol. The first-order chi connectivity index (χ1) is 15.3. The summed E-state index contributed by atoms with van der Waals surface area (Å²) in [5.41, 5.74) is 1.74. The quantitative estimate of drug-likeness (QED) is 0.560. The zero-order valence-corrected chi connectivity index (χ0v) is 20.0. The molecule has 1 aliphatic heterocycles. The average molecular weight is 438 g/mol. The topological polar surface area (TPSA) is 49.8 Å². The molecule has 174 valence electrons. The molecular weight excluding hydrogens is 398 g/mol. The third-order valence-corrected chi connectivity index (χ3v) is 7.71.